The molecule has 1 amide bonds. The van der Waals surface area contributed by atoms with E-state index in [9.17, 15) is 9.90 Å². The molecule has 1 aromatic rings. The molecule has 94 valence electrons. The van der Waals surface area contributed by atoms with Crippen molar-refractivity contribution in [2.45, 2.75) is 13.0 Å². The summed E-state index contributed by atoms with van der Waals surface area (Å²) < 4.78 is 0.841. The van der Waals surface area contributed by atoms with Crippen LogP contribution < -0.4 is 10.4 Å². The van der Waals surface area contributed by atoms with Gasteiger partial charge in [-0.15, -0.1) is 0 Å². The van der Waals surface area contributed by atoms with Crippen LogP contribution in [0, 0.1) is 0 Å². The third kappa shape index (κ3) is 3.99. The van der Waals surface area contributed by atoms with E-state index >= 15 is 0 Å². The number of carbonyl (C=O) groups is 1. The van der Waals surface area contributed by atoms with E-state index in [4.69, 9.17) is 4.84 Å². The van der Waals surface area contributed by atoms with Gasteiger partial charge >= 0.3 is 6.09 Å². The van der Waals surface area contributed by atoms with E-state index in [1.165, 1.54) is 12.0 Å². The van der Waals surface area contributed by atoms with E-state index in [1.807, 2.05) is 6.07 Å². The number of anilines is 1. The van der Waals surface area contributed by atoms with Crippen molar-refractivity contribution in [3.05, 3.63) is 28.7 Å². The number of hydroxylamine groups is 1. The number of nitrogens with one attached hydrogen (secondary N) is 1. The fourth-order valence-corrected chi connectivity index (χ4v) is 1.86. The molecule has 1 unspecified atom stereocenters. The van der Waals surface area contributed by atoms with Crippen LogP contribution in [-0.4, -0.2) is 30.9 Å². The highest BCUT2D eigenvalue weighted by Gasteiger charge is 2.21. The van der Waals surface area contributed by atoms with Crippen LogP contribution in [0.2, 0.25) is 0 Å². The van der Waals surface area contributed by atoms with Crippen molar-refractivity contribution in [2.24, 2.45) is 0 Å². The Hall–Kier alpha value is -1.11. The van der Waals surface area contributed by atoms with Gasteiger partial charge in [-0.1, -0.05) is 22.0 Å². The van der Waals surface area contributed by atoms with Crippen LogP contribution in [-0.2, 0) is 4.84 Å². The number of nitrogens with zero attached hydrogens (tertiary/aromatic N) is 1. The Labute approximate surface area is 108 Å². The van der Waals surface area contributed by atoms with Crippen LogP contribution in [0.5, 0.6) is 0 Å². The predicted molar refractivity (Wildman–Crippen MR) is 69.1 cm³/mol. The van der Waals surface area contributed by atoms with Crippen LogP contribution in [0.25, 0.3) is 0 Å². The SMILES string of the molecule is CONCC(C)N(C(=O)O)c1cccc(Br)c1. The minimum atomic E-state index is -0.992. The summed E-state index contributed by atoms with van der Waals surface area (Å²) in [6.07, 6.45) is -0.992. The second kappa shape index (κ2) is 6.58. The van der Waals surface area contributed by atoms with Gasteiger partial charge < -0.3 is 9.94 Å². The third-order valence-electron chi connectivity index (χ3n) is 2.26. The minimum absolute atomic E-state index is 0.234. The molecule has 1 aromatic carbocycles. The summed E-state index contributed by atoms with van der Waals surface area (Å²) in [6, 6.07) is 6.93. The fraction of sp³-hybridized carbons (Fsp3) is 0.364. The molecule has 0 spiro atoms. The van der Waals surface area contributed by atoms with Crippen molar-refractivity contribution in [3.63, 3.8) is 0 Å². The molecule has 0 aliphatic carbocycles. The highest BCUT2D eigenvalue weighted by molar-refractivity contribution is 9.10. The Morgan fingerprint density at radius 1 is 1.65 bits per heavy atom. The Morgan fingerprint density at radius 3 is 2.88 bits per heavy atom. The van der Waals surface area contributed by atoms with Crippen molar-refractivity contribution in [1.82, 2.24) is 5.48 Å². The first-order chi connectivity index (χ1) is 8.06. The molecule has 0 fully saturated rings. The van der Waals surface area contributed by atoms with E-state index in [0.29, 0.717) is 12.2 Å². The van der Waals surface area contributed by atoms with Crippen LogP contribution >= 0.6 is 15.9 Å². The van der Waals surface area contributed by atoms with Gasteiger partial charge in [-0.25, -0.2) is 10.3 Å². The smallest absolute Gasteiger partial charge is 0.412 e. The van der Waals surface area contributed by atoms with Crippen molar-refractivity contribution < 1.29 is 14.7 Å². The van der Waals surface area contributed by atoms with E-state index < -0.39 is 6.09 Å². The molecule has 1 rings (SSSR count). The maximum Gasteiger partial charge on any atom is 0.412 e. The van der Waals surface area contributed by atoms with Crippen LogP contribution in [0.15, 0.2) is 28.7 Å². The molecular weight excluding hydrogens is 288 g/mol. The second-order valence-electron chi connectivity index (χ2n) is 3.53. The van der Waals surface area contributed by atoms with Crippen molar-refractivity contribution in [2.75, 3.05) is 18.6 Å². The first kappa shape index (κ1) is 14.0. The first-order valence-electron chi connectivity index (χ1n) is 5.10. The molecule has 17 heavy (non-hydrogen) atoms. The van der Waals surface area contributed by atoms with Crippen LogP contribution in [0.1, 0.15) is 6.92 Å². The molecule has 2 N–H and O–H groups in total. The second-order valence-corrected chi connectivity index (χ2v) is 4.45. The molecule has 0 saturated carbocycles. The normalized spacial score (nSPS) is 12.2. The maximum absolute atomic E-state index is 11.3. The summed E-state index contributed by atoms with van der Waals surface area (Å²) in [5, 5.41) is 9.23. The van der Waals surface area contributed by atoms with E-state index in [-0.39, 0.29) is 6.04 Å². The van der Waals surface area contributed by atoms with Gasteiger partial charge in [0.05, 0.1) is 13.2 Å². The number of carboxylic acid groups (broad SMARTS) is 1. The van der Waals surface area contributed by atoms with E-state index in [0.717, 1.165) is 4.47 Å². The first-order valence-corrected chi connectivity index (χ1v) is 5.89. The zero-order valence-corrected chi connectivity index (χ0v) is 11.3. The van der Waals surface area contributed by atoms with Gasteiger partial charge in [0, 0.05) is 16.7 Å². The lowest BCUT2D eigenvalue weighted by Crippen LogP contribution is -2.43. The lowest BCUT2D eigenvalue weighted by atomic mass is 10.2. The summed E-state index contributed by atoms with van der Waals surface area (Å²) in [4.78, 5) is 17.3. The summed E-state index contributed by atoms with van der Waals surface area (Å²) in [5.41, 5.74) is 3.27. The number of benzene rings is 1. The summed E-state index contributed by atoms with van der Waals surface area (Å²) in [6.45, 7) is 2.22. The number of hydrogen-bond donors (Lipinski definition) is 2. The number of amides is 1. The van der Waals surface area contributed by atoms with Gasteiger partial charge in [0.25, 0.3) is 0 Å². The van der Waals surface area contributed by atoms with Gasteiger partial charge in [0.15, 0.2) is 0 Å². The van der Waals surface area contributed by atoms with Crippen molar-refractivity contribution in [3.8, 4) is 0 Å². The summed E-state index contributed by atoms with van der Waals surface area (Å²) >= 11 is 3.32. The number of hydrogen-bond acceptors (Lipinski definition) is 3. The highest BCUT2D eigenvalue weighted by atomic mass is 79.9. The van der Waals surface area contributed by atoms with Gasteiger partial charge in [0.1, 0.15) is 0 Å². The largest absolute Gasteiger partial charge is 0.465 e. The Kier molecular flexibility index (Phi) is 5.40. The Balaban J connectivity index is 2.89. The number of halogens is 1. The van der Waals surface area contributed by atoms with Gasteiger partial charge in [-0.2, -0.15) is 0 Å². The highest BCUT2D eigenvalue weighted by Crippen LogP contribution is 2.21. The average molecular weight is 303 g/mol. The molecule has 0 bridgehead atoms. The lowest BCUT2D eigenvalue weighted by Gasteiger charge is -2.26. The number of rotatable bonds is 5. The van der Waals surface area contributed by atoms with Crippen molar-refractivity contribution >= 4 is 27.7 Å². The van der Waals surface area contributed by atoms with E-state index in [1.54, 1.807) is 25.1 Å². The summed E-state index contributed by atoms with van der Waals surface area (Å²) in [7, 11) is 1.50. The average Bonchev–Trinajstić information content (AvgIpc) is 2.26. The zero-order valence-electron chi connectivity index (χ0n) is 9.68. The molecule has 0 aliphatic heterocycles. The van der Waals surface area contributed by atoms with E-state index in [2.05, 4.69) is 21.4 Å². The lowest BCUT2D eigenvalue weighted by molar-refractivity contribution is 0.0877. The molecule has 6 heteroatoms. The molecule has 0 radical (unpaired) electrons. The summed E-state index contributed by atoms with van der Waals surface area (Å²) in [5.74, 6) is 0. The monoisotopic (exact) mass is 302 g/mol. The van der Waals surface area contributed by atoms with Gasteiger partial charge in [-0.3, -0.25) is 4.90 Å². The zero-order chi connectivity index (χ0) is 12.8. The van der Waals surface area contributed by atoms with Crippen LogP contribution in [0.3, 0.4) is 0 Å². The standard InChI is InChI=1S/C11H15BrN2O3/c1-8(7-13-17-2)14(11(15)16)10-5-3-4-9(12)6-10/h3-6,8,13H,7H2,1-2H3,(H,15,16). The van der Waals surface area contributed by atoms with Crippen LogP contribution in [0.4, 0.5) is 10.5 Å². The molecule has 0 aromatic heterocycles. The molecular formula is C11H15BrN2O3. The topological polar surface area (TPSA) is 61.8 Å². The fourth-order valence-electron chi connectivity index (χ4n) is 1.47. The molecule has 0 heterocycles. The van der Waals surface area contributed by atoms with Gasteiger partial charge in [0.2, 0.25) is 0 Å². The molecule has 0 saturated heterocycles. The minimum Gasteiger partial charge on any atom is -0.465 e. The molecule has 1 atom stereocenters. The van der Waals surface area contributed by atoms with Crippen molar-refractivity contribution in [1.29, 1.82) is 0 Å². The Bertz CT molecular complexity index is 387. The predicted octanol–water partition coefficient (Wildman–Crippen LogP) is 2.47. The molecule has 0 aliphatic rings. The Morgan fingerprint density at radius 2 is 2.35 bits per heavy atom. The molecule has 5 nitrogen and oxygen atoms in total. The maximum atomic E-state index is 11.3. The quantitative estimate of drug-likeness (QED) is 0.820. The third-order valence-corrected chi connectivity index (χ3v) is 2.75. The van der Waals surface area contributed by atoms with Gasteiger partial charge in [-0.05, 0) is 25.1 Å².